The lowest BCUT2D eigenvalue weighted by atomic mass is 9.71. The zero-order chi connectivity index (χ0) is 13.6. The smallest absolute Gasteiger partial charge is 0.239 e. The summed E-state index contributed by atoms with van der Waals surface area (Å²) in [5.41, 5.74) is 5.83. The van der Waals surface area contributed by atoms with E-state index in [2.05, 4.69) is 5.32 Å². The van der Waals surface area contributed by atoms with Gasteiger partial charge in [-0.2, -0.15) is 0 Å². The minimum atomic E-state index is -0.142. The topological polar surface area (TPSA) is 75.4 Å². The minimum Gasteiger partial charge on any atom is -0.358 e. The van der Waals surface area contributed by atoms with Crippen LogP contribution in [0.15, 0.2) is 0 Å². The molecule has 0 spiro atoms. The third-order valence-electron chi connectivity index (χ3n) is 3.96. The summed E-state index contributed by atoms with van der Waals surface area (Å²) in [7, 11) is 3.24. The fourth-order valence-electron chi connectivity index (χ4n) is 2.59. The minimum absolute atomic E-state index is 0.0194. The Labute approximate surface area is 109 Å². The van der Waals surface area contributed by atoms with E-state index in [1.54, 1.807) is 14.1 Å². The number of carbonyl (C=O) groups is 2. The first-order valence-corrected chi connectivity index (χ1v) is 6.67. The lowest BCUT2D eigenvalue weighted by molar-refractivity contribution is -0.136. The Morgan fingerprint density at radius 1 is 1.28 bits per heavy atom. The lowest BCUT2D eigenvalue weighted by Gasteiger charge is -2.36. The summed E-state index contributed by atoms with van der Waals surface area (Å²) in [6.07, 6.45) is 6.08. The van der Waals surface area contributed by atoms with Gasteiger partial charge in [0.15, 0.2) is 0 Å². The number of amides is 2. The zero-order valence-electron chi connectivity index (χ0n) is 11.5. The molecule has 0 aromatic heterocycles. The second kappa shape index (κ2) is 6.73. The molecule has 1 rings (SSSR count). The SMILES string of the molecule is CNC(=O)CN(C)C(=O)CC1(CN)CCCCC1. The van der Waals surface area contributed by atoms with Crippen LogP contribution in [0.1, 0.15) is 38.5 Å². The van der Waals surface area contributed by atoms with Crippen LogP contribution in [-0.4, -0.2) is 43.9 Å². The van der Waals surface area contributed by atoms with Crippen LogP contribution in [-0.2, 0) is 9.59 Å². The summed E-state index contributed by atoms with van der Waals surface area (Å²) < 4.78 is 0. The molecule has 0 unspecified atom stereocenters. The molecule has 5 nitrogen and oxygen atoms in total. The first kappa shape index (κ1) is 15.0. The molecule has 0 radical (unpaired) electrons. The number of nitrogens with zero attached hydrogens (tertiary/aromatic N) is 1. The number of hydrogen-bond donors (Lipinski definition) is 2. The van der Waals surface area contributed by atoms with E-state index in [4.69, 9.17) is 5.73 Å². The van der Waals surface area contributed by atoms with E-state index < -0.39 is 0 Å². The molecule has 0 bridgehead atoms. The molecule has 0 heterocycles. The van der Waals surface area contributed by atoms with Crippen LogP contribution in [0.4, 0.5) is 0 Å². The molecule has 5 heteroatoms. The second-order valence-electron chi connectivity index (χ2n) is 5.36. The molecule has 0 saturated heterocycles. The van der Waals surface area contributed by atoms with Crippen molar-refractivity contribution in [2.45, 2.75) is 38.5 Å². The van der Waals surface area contributed by atoms with Gasteiger partial charge in [-0.05, 0) is 24.8 Å². The second-order valence-corrected chi connectivity index (χ2v) is 5.36. The molecule has 0 aromatic rings. The Bertz CT molecular complexity index is 299. The predicted molar refractivity (Wildman–Crippen MR) is 70.9 cm³/mol. The average molecular weight is 255 g/mol. The average Bonchev–Trinajstić information content (AvgIpc) is 2.39. The van der Waals surface area contributed by atoms with E-state index in [9.17, 15) is 9.59 Å². The maximum atomic E-state index is 12.1. The van der Waals surface area contributed by atoms with E-state index in [0.717, 1.165) is 25.7 Å². The number of nitrogens with one attached hydrogen (secondary N) is 1. The Balaban J connectivity index is 2.53. The fourth-order valence-corrected chi connectivity index (χ4v) is 2.59. The monoisotopic (exact) mass is 255 g/mol. The van der Waals surface area contributed by atoms with Crippen molar-refractivity contribution in [3.05, 3.63) is 0 Å². The molecule has 0 atom stereocenters. The molecule has 1 fully saturated rings. The van der Waals surface area contributed by atoms with Gasteiger partial charge in [-0.3, -0.25) is 9.59 Å². The van der Waals surface area contributed by atoms with Gasteiger partial charge in [0.05, 0.1) is 6.54 Å². The maximum absolute atomic E-state index is 12.1. The Morgan fingerprint density at radius 3 is 2.39 bits per heavy atom. The van der Waals surface area contributed by atoms with Gasteiger partial charge in [-0.15, -0.1) is 0 Å². The van der Waals surface area contributed by atoms with E-state index >= 15 is 0 Å². The molecule has 2 amide bonds. The van der Waals surface area contributed by atoms with Crippen molar-refractivity contribution in [3.63, 3.8) is 0 Å². The maximum Gasteiger partial charge on any atom is 0.239 e. The zero-order valence-corrected chi connectivity index (χ0v) is 11.5. The number of carbonyl (C=O) groups excluding carboxylic acids is 2. The normalized spacial score (nSPS) is 18.2. The Hall–Kier alpha value is -1.10. The summed E-state index contributed by atoms with van der Waals surface area (Å²) in [6.45, 7) is 0.683. The van der Waals surface area contributed by atoms with Gasteiger partial charge < -0.3 is 16.0 Å². The van der Waals surface area contributed by atoms with Crippen molar-refractivity contribution in [2.24, 2.45) is 11.1 Å². The highest BCUT2D eigenvalue weighted by Gasteiger charge is 2.34. The summed E-state index contributed by atoms with van der Waals surface area (Å²) in [4.78, 5) is 24.8. The highest BCUT2D eigenvalue weighted by molar-refractivity contribution is 5.84. The van der Waals surface area contributed by atoms with Crippen molar-refractivity contribution in [2.75, 3.05) is 27.2 Å². The quantitative estimate of drug-likeness (QED) is 0.750. The highest BCUT2D eigenvalue weighted by atomic mass is 16.2. The van der Waals surface area contributed by atoms with Crippen LogP contribution in [0.25, 0.3) is 0 Å². The molecule has 0 aromatic carbocycles. The van der Waals surface area contributed by atoms with Gasteiger partial charge in [-0.25, -0.2) is 0 Å². The van der Waals surface area contributed by atoms with Crippen LogP contribution in [0.2, 0.25) is 0 Å². The number of likely N-dealkylation sites (N-methyl/N-ethyl adjacent to an activating group) is 2. The molecule has 1 aliphatic carbocycles. The van der Waals surface area contributed by atoms with E-state index in [1.807, 2.05) is 0 Å². The first-order valence-electron chi connectivity index (χ1n) is 6.67. The van der Waals surface area contributed by atoms with Gasteiger partial charge in [0.1, 0.15) is 0 Å². The van der Waals surface area contributed by atoms with E-state index in [0.29, 0.717) is 13.0 Å². The van der Waals surface area contributed by atoms with Gasteiger partial charge in [-0.1, -0.05) is 19.3 Å². The van der Waals surface area contributed by atoms with Crippen LogP contribution in [0, 0.1) is 5.41 Å². The summed E-state index contributed by atoms with van der Waals surface area (Å²) in [5, 5.41) is 2.52. The van der Waals surface area contributed by atoms with Crippen LogP contribution < -0.4 is 11.1 Å². The van der Waals surface area contributed by atoms with Crippen molar-refractivity contribution in [1.29, 1.82) is 0 Å². The molecule has 1 aliphatic rings. The Kier molecular flexibility index (Phi) is 5.59. The van der Waals surface area contributed by atoms with Crippen LogP contribution in [0.3, 0.4) is 0 Å². The van der Waals surface area contributed by atoms with E-state index in [1.165, 1.54) is 11.3 Å². The van der Waals surface area contributed by atoms with Crippen LogP contribution >= 0.6 is 0 Å². The number of hydrogen-bond acceptors (Lipinski definition) is 3. The van der Waals surface area contributed by atoms with Gasteiger partial charge >= 0.3 is 0 Å². The summed E-state index contributed by atoms with van der Waals surface area (Å²) in [5.74, 6) is -0.123. The number of nitrogens with two attached hydrogens (primary N) is 1. The van der Waals surface area contributed by atoms with Gasteiger partial charge in [0, 0.05) is 20.5 Å². The van der Waals surface area contributed by atoms with Crippen molar-refractivity contribution < 1.29 is 9.59 Å². The third kappa shape index (κ3) is 3.98. The van der Waals surface area contributed by atoms with Crippen LogP contribution in [0.5, 0.6) is 0 Å². The van der Waals surface area contributed by atoms with Gasteiger partial charge in [0.2, 0.25) is 11.8 Å². The van der Waals surface area contributed by atoms with Crippen molar-refractivity contribution in [3.8, 4) is 0 Å². The third-order valence-corrected chi connectivity index (χ3v) is 3.96. The Morgan fingerprint density at radius 2 is 1.89 bits per heavy atom. The summed E-state index contributed by atoms with van der Waals surface area (Å²) in [6, 6.07) is 0. The molecular formula is C13H25N3O2. The molecule has 1 saturated carbocycles. The summed E-state index contributed by atoms with van der Waals surface area (Å²) >= 11 is 0. The highest BCUT2D eigenvalue weighted by Crippen LogP contribution is 2.38. The first-order chi connectivity index (χ1) is 8.53. The van der Waals surface area contributed by atoms with Crippen molar-refractivity contribution >= 4 is 11.8 Å². The van der Waals surface area contributed by atoms with Gasteiger partial charge in [0.25, 0.3) is 0 Å². The molecular weight excluding hydrogens is 230 g/mol. The molecule has 0 aliphatic heterocycles. The van der Waals surface area contributed by atoms with Crippen molar-refractivity contribution in [1.82, 2.24) is 10.2 Å². The standard InChI is InChI=1S/C13H25N3O2/c1-15-11(17)9-16(2)12(18)8-13(10-14)6-4-3-5-7-13/h3-10,14H2,1-2H3,(H,15,17). The lowest BCUT2D eigenvalue weighted by Crippen LogP contribution is -2.42. The predicted octanol–water partition coefficient (Wildman–Crippen LogP) is 0.490. The molecule has 3 N–H and O–H groups in total. The fraction of sp³-hybridized carbons (Fsp3) is 0.846. The largest absolute Gasteiger partial charge is 0.358 e. The molecule has 18 heavy (non-hydrogen) atoms. The van der Waals surface area contributed by atoms with E-state index in [-0.39, 0.29) is 23.8 Å². The number of rotatable bonds is 5. The molecule has 104 valence electrons.